The first-order chi connectivity index (χ1) is 10.8. The van der Waals surface area contributed by atoms with E-state index in [1.807, 2.05) is 13.8 Å². The second-order valence-electron chi connectivity index (χ2n) is 5.87. The van der Waals surface area contributed by atoms with Gasteiger partial charge in [0.15, 0.2) is 5.69 Å². The Kier molecular flexibility index (Phi) is 3.73. The van der Waals surface area contributed by atoms with E-state index in [4.69, 9.17) is 0 Å². The van der Waals surface area contributed by atoms with Crippen molar-refractivity contribution in [2.24, 2.45) is 5.92 Å². The van der Waals surface area contributed by atoms with Gasteiger partial charge in [-0.2, -0.15) is 4.31 Å². The summed E-state index contributed by atoms with van der Waals surface area (Å²) in [6.07, 6.45) is 1.37. The number of aromatic nitrogens is 2. The number of hydrogen-bond donors (Lipinski definition) is 1. The summed E-state index contributed by atoms with van der Waals surface area (Å²) in [5, 5.41) is 9.32. The first-order valence-electron chi connectivity index (χ1n) is 7.21. The molecule has 0 fully saturated rings. The number of benzene rings is 1. The molecule has 0 spiro atoms. The van der Waals surface area contributed by atoms with Crippen LogP contribution < -0.4 is 0 Å². The van der Waals surface area contributed by atoms with E-state index in [0.29, 0.717) is 17.9 Å². The lowest BCUT2D eigenvalue weighted by molar-refractivity contribution is 0.0689. The summed E-state index contributed by atoms with van der Waals surface area (Å²) in [4.78, 5) is 15.5. The van der Waals surface area contributed by atoms with Crippen LogP contribution in [0, 0.1) is 5.92 Å². The van der Waals surface area contributed by atoms with Crippen molar-refractivity contribution in [1.82, 2.24) is 13.9 Å². The van der Waals surface area contributed by atoms with Crippen molar-refractivity contribution in [2.75, 3.05) is 6.54 Å². The van der Waals surface area contributed by atoms with Crippen molar-refractivity contribution >= 4 is 16.0 Å². The highest BCUT2D eigenvalue weighted by molar-refractivity contribution is 7.89. The standard InChI is InChI=1S/C15H17N3O4S/c1-10(2)7-17-8-12-14(15(19)20)16-9-18(12)11-5-3-4-6-13(11)23(17,21)22/h3-6,9-10H,7-8H2,1-2H3,(H,19,20). The number of carboxylic acids is 1. The van der Waals surface area contributed by atoms with Gasteiger partial charge in [0.05, 0.1) is 17.9 Å². The lowest BCUT2D eigenvalue weighted by atomic mass is 10.2. The quantitative estimate of drug-likeness (QED) is 0.922. The lowest BCUT2D eigenvalue weighted by Crippen LogP contribution is -2.33. The number of sulfonamides is 1. The second-order valence-corrected chi connectivity index (χ2v) is 7.78. The molecule has 1 aliphatic heterocycles. The van der Waals surface area contributed by atoms with Crippen molar-refractivity contribution in [3.63, 3.8) is 0 Å². The van der Waals surface area contributed by atoms with E-state index in [9.17, 15) is 18.3 Å². The number of carbonyl (C=O) groups is 1. The Bertz CT molecular complexity index is 871. The molecule has 3 rings (SSSR count). The van der Waals surface area contributed by atoms with Crippen molar-refractivity contribution in [3.05, 3.63) is 42.0 Å². The molecule has 0 amide bonds. The number of hydrogen-bond acceptors (Lipinski definition) is 4. The monoisotopic (exact) mass is 335 g/mol. The molecular weight excluding hydrogens is 318 g/mol. The Hall–Kier alpha value is -2.19. The van der Waals surface area contributed by atoms with Gasteiger partial charge < -0.3 is 5.11 Å². The fourth-order valence-electron chi connectivity index (χ4n) is 2.75. The highest BCUT2D eigenvalue weighted by Gasteiger charge is 2.34. The minimum atomic E-state index is -3.70. The maximum Gasteiger partial charge on any atom is 0.356 e. The smallest absolute Gasteiger partial charge is 0.356 e. The number of carboxylic acid groups (broad SMARTS) is 1. The maximum absolute atomic E-state index is 13.0. The van der Waals surface area contributed by atoms with Gasteiger partial charge in [0.2, 0.25) is 10.0 Å². The Morgan fingerprint density at radius 2 is 2.04 bits per heavy atom. The van der Waals surface area contributed by atoms with Gasteiger partial charge in [-0.1, -0.05) is 26.0 Å². The number of imidazole rings is 1. The Labute approximate surface area is 134 Å². The van der Waals surface area contributed by atoms with Crippen LogP contribution >= 0.6 is 0 Å². The summed E-state index contributed by atoms with van der Waals surface area (Å²) in [6, 6.07) is 6.57. The zero-order valence-corrected chi connectivity index (χ0v) is 13.6. The minimum absolute atomic E-state index is 0.0170. The van der Waals surface area contributed by atoms with E-state index in [-0.39, 0.29) is 23.1 Å². The van der Waals surface area contributed by atoms with E-state index < -0.39 is 16.0 Å². The van der Waals surface area contributed by atoms with Crippen molar-refractivity contribution in [3.8, 4) is 5.69 Å². The molecule has 1 aliphatic rings. The topological polar surface area (TPSA) is 92.5 Å². The molecule has 0 saturated carbocycles. The Balaban J connectivity index is 2.29. The average Bonchev–Trinajstić information content (AvgIpc) is 2.86. The van der Waals surface area contributed by atoms with Gasteiger partial charge in [-0.15, -0.1) is 0 Å². The molecule has 0 aliphatic carbocycles. The van der Waals surface area contributed by atoms with Crippen molar-refractivity contribution < 1.29 is 18.3 Å². The molecule has 1 N–H and O–H groups in total. The molecule has 0 atom stereocenters. The summed E-state index contributed by atoms with van der Waals surface area (Å²) >= 11 is 0. The second kappa shape index (κ2) is 5.47. The van der Waals surface area contributed by atoms with Crippen LogP contribution in [0.2, 0.25) is 0 Å². The molecule has 8 heteroatoms. The van der Waals surface area contributed by atoms with Gasteiger partial charge in [-0.3, -0.25) is 4.57 Å². The maximum atomic E-state index is 13.0. The third-order valence-corrected chi connectivity index (χ3v) is 5.57. The lowest BCUT2D eigenvalue weighted by Gasteiger charge is -2.22. The Morgan fingerprint density at radius 1 is 1.35 bits per heavy atom. The summed E-state index contributed by atoms with van der Waals surface area (Å²) in [7, 11) is -3.70. The van der Waals surface area contributed by atoms with Gasteiger partial charge in [0.1, 0.15) is 11.2 Å². The highest BCUT2D eigenvalue weighted by Crippen LogP contribution is 2.31. The van der Waals surface area contributed by atoms with Crippen LogP contribution in [0.25, 0.3) is 5.69 Å². The van der Waals surface area contributed by atoms with E-state index in [1.54, 1.807) is 22.8 Å². The molecule has 7 nitrogen and oxygen atoms in total. The molecule has 0 radical (unpaired) electrons. The van der Waals surface area contributed by atoms with E-state index in [0.717, 1.165) is 0 Å². The fourth-order valence-corrected chi connectivity index (χ4v) is 4.49. The molecule has 1 aromatic heterocycles. The zero-order valence-electron chi connectivity index (χ0n) is 12.8. The SMILES string of the molecule is CC(C)CN1Cc2c(C(=O)O)ncn2-c2ccccc2S1(=O)=O. The number of rotatable bonds is 3. The fraction of sp³-hybridized carbons (Fsp3) is 0.333. The molecule has 2 heterocycles. The molecule has 2 aromatic rings. The minimum Gasteiger partial charge on any atom is -0.476 e. The van der Waals surface area contributed by atoms with E-state index in [1.165, 1.54) is 16.7 Å². The van der Waals surface area contributed by atoms with Crippen molar-refractivity contribution in [1.29, 1.82) is 0 Å². The number of fused-ring (bicyclic) bond motifs is 3. The van der Waals surface area contributed by atoms with Crippen LogP contribution in [-0.2, 0) is 16.6 Å². The molecule has 23 heavy (non-hydrogen) atoms. The predicted molar refractivity (Wildman–Crippen MR) is 83.0 cm³/mol. The summed E-state index contributed by atoms with van der Waals surface area (Å²) in [5.74, 6) is -1.06. The molecular formula is C15H17N3O4S. The number of para-hydroxylation sites is 1. The van der Waals surface area contributed by atoms with Crippen LogP contribution in [0.15, 0.2) is 35.5 Å². The zero-order chi connectivity index (χ0) is 16.8. The van der Waals surface area contributed by atoms with Crippen LogP contribution in [0.1, 0.15) is 30.0 Å². The molecule has 0 unspecified atom stereocenters. The predicted octanol–water partition coefficient (Wildman–Crippen LogP) is 1.73. The summed E-state index contributed by atoms with van der Waals surface area (Å²) < 4.78 is 28.8. The van der Waals surface area contributed by atoms with Crippen LogP contribution in [0.4, 0.5) is 0 Å². The third-order valence-electron chi connectivity index (χ3n) is 3.71. The molecule has 0 bridgehead atoms. The molecule has 122 valence electrons. The molecule has 0 saturated heterocycles. The van der Waals surface area contributed by atoms with Gasteiger partial charge in [-0.05, 0) is 18.1 Å². The van der Waals surface area contributed by atoms with E-state index in [2.05, 4.69) is 4.98 Å². The number of nitrogens with zero attached hydrogens (tertiary/aromatic N) is 3. The van der Waals surface area contributed by atoms with Crippen molar-refractivity contribution in [2.45, 2.75) is 25.3 Å². The van der Waals surface area contributed by atoms with Crippen LogP contribution in [-0.4, -0.2) is 39.9 Å². The van der Waals surface area contributed by atoms with E-state index >= 15 is 0 Å². The van der Waals surface area contributed by atoms with Gasteiger partial charge in [0.25, 0.3) is 0 Å². The third kappa shape index (κ3) is 2.53. The highest BCUT2D eigenvalue weighted by atomic mass is 32.2. The number of aromatic carboxylic acids is 1. The first kappa shape index (κ1) is 15.7. The van der Waals surface area contributed by atoms with Crippen LogP contribution in [0.3, 0.4) is 0 Å². The Morgan fingerprint density at radius 3 is 2.70 bits per heavy atom. The normalized spacial score (nSPS) is 16.7. The first-order valence-corrected chi connectivity index (χ1v) is 8.65. The van der Waals surface area contributed by atoms with Gasteiger partial charge >= 0.3 is 5.97 Å². The largest absolute Gasteiger partial charge is 0.476 e. The summed E-state index contributed by atoms with van der Waals surface area (Å²) in [6.45, 7) is 4.13. The average molecular weight is 335 g/mol. The van der Waals surface area contributed by atoms with Gasteiger partial charge in [0, 0.05) is 6.54 Å². The summed E-state index contributed by atoms with van der Waals surface area (Å²) in [5.41, 5.74) is 0.672. The van der Waals surface area contributed by atoms with Crippen LogP contribution in [0.5, 0.6) is 0 Å². The molecule has 1 aromatic carbocycles. The van der Waals surface area contributed by atoms with Gasteiger partial charge in [-0.25, -0.2) is 18.2 Å².